The number of likely N-dealkylation sites (tertiary alicyclic amines) is 1. The van der Waals surface area contributed by atoms with Crippen LogP contribution < -0.4 is 15.1 Å². The van der Waals surface area contributed by atoms with Crippen molar-refractivity contribution in [3.05, 3.63) is 42.0 Å². The first-order valence-electron chi connectivity index (χ1n) is 17.1. The Morgan fingerprint density at radius 2 is 1.48 bits per heavy atom. The van der Waals surface area contributed by atoms with E-state index < -0.39 is 41.1 Å². The second-order valence-corrected chi connectivity index (χ2v) is 16.4. The Morgan fingerprint density at radius 3 is 2.08 bits per heavy atom. The molecule has 2 aromatic rings. The average molecular weight is 713 g/mol. The van der Waals surface area contributed by atoms with Crippen LogP contribution in [0.5, 0.6) is 0 Å². The molecule has 0 aliphatic carbocycles. The van der Waals surface area contributed by atoms with Gasteiger partial charge in [0.05, 0.1) is 29.2 Å². The molecule has 3 amide bonds. The summed E-state index contributed by atoms with van der Waals surface area (Å²) in [5, 5.41) is 2.81. The number of hydrogen-bond acceptors (Lipinski definition) is 10. The summed E-state index contributed by atoms with van der Waals surface area (Å²) in [5.41, 5.74) is -0.608. The van der Waals surface area contributed by atoms with Crippen molar-refractivity contribution in [2.75, 3.05) is 42.6 Å². The second-order valence-electron chi connectivity index (χ2n) is 15.3. The van der Waals surface area contributed by atoms with Gasteiger partial charge in [-0.1, -0.05) is 23.9 Å². The van der Waals surface area contributed by atoms with Crippen molar-refractivity contribution in [3.63, 3.8) is 0 Å². The quantitative estimate of drug-likeness (QED) is 0.222. The number of rotatable bonds is 7. The highest BCUT2D eigenvalue weighted by atomic mass is 32.2. The highest BCUT2D eigenvalue weighted by Gasteiger charge is 2.40. The lowest BCUT2D eigenvalue weighted by atomic mass is 10.0. The number of carbonyl (C=O) groups excluding carboxylic acids is 4. The standard InChI is InChI=1S/C37H52N4O8S/c1-11-46-31(42)24-22-27(30-29(23-24)50-28-15-13-12-14-26(28)41(30)34(45)49-37(8,9)10)40(33(44)48-36(5,6)7)25-16-19-39(20-17-25)21-18-38-32(43)47-35(2,3)4/h12-15,22-23,25H,11,16-21H2,1-10H3,(H,38,43). The molecule has 2 heterocycles. The van der Waals surface area contributed by atoms with Crippen molar-refractivity contribution in [3.8, 4) is 0 Å². The van der Waals surface area contributed by atoms with Gasteiger partial charge in [-0.15, -0.1) is 0 Å². The molecule has 50 heavy (non-hydrogen) atoms. The molecule has 0 saturated carbocycles. The Bertz CT molecular complexity index is 1570. The van der Waals surface area contributed by atoms with Gasteiger partial charge in [0.1, 0.15) is 16.8 Å². The average Bonchev–Trinajstić information content (AvgIpc) is 2.98. The Kier molecular flexibility index (Phi) is 12.0. The van der Waals surface area contributed by atoms with Crippen LogP contribution in [0.3, 0.4) is 0 Å². The molecule has 1 N–H and O–H groups in total. The van der Waals surface area contributed by atoms with Crippen molar-refractivity contribution in [2.24, 2.45) is 0 Å². The van der Waals surface area contributed by atoms with E-state index in [2.05, 4.69) is 10.2 Å². The lowest BCUT2D eigenvalue weighted by molar-refractivity contribution is 0.0506. The molecular weight excluding hydrogens is 660 g/mol. The summed E-state index contributed by atoms with van der Waals surface area (Å²) in [5.74, 6) is -0.545. The van der Waals surface area contributed by atoms with Gasteiger partial charge >= 0.3 is 24.2 Å². The first-order chi connectivity index (χ1) is 23.3. The van der Waals surface area contributed by atoms with Gasteiger partial charge in [-0.05, 0) is 106 Å². The van der Waals surface area contributed by atoms with Crippen LogP contribution in [0.1, 0.15) is 92.4 Å². The van der Waals surface area contributed by atoms with Crippen LogP contribution in [0, 0.1) is 0 Å². The van der Waals surface area contributed by atoms with Gasteiger partial charge in [-0.3, -0.25) is 4.90 Å². The maximum Gasteiger partial charge on any atom is 0.419 e. The van der Waals surface area contributed by atoms with Crippen LogP contribution in [0.4, 0.5) is 31.4 Å². The molecule has 2 aliphatic rings. The topological polar surface area (TPSA) is 127 Å². The van der Waals surface area contributed by atoms with Crippen molar-refractivity contribution < 1.29 is 38.1 Å². The number of piperidine rings is 1. The molecule has 2 aromatic carbocycles. The number of anilines is 3. The van der Waals surface area contributed by atoms with E-state index in [4.69, 9.17) is 18.9 Å². The maximum atomic E-state index is 14.3. The molecule has 0 radical (unpaired) electrons. The fraction of sp³-hybridized carbons (Fsp3) is 0.568. The fourth-order valence-corrected chi connectivity index (χ4v) is 6.79. The number of carbonyl (C=O) groups is 4. The molecule has 4 rings (SSSR count). The van der Waals surface area contributed by atoms with Crippen molar-refractivity contribution in [1.82, 2.24) is 10.2 Å². The number of esters is 1. The van der Waals surface area contributed by atoms with E-state index in [-0.39, 0.29) is 18.2 Å². The number of benzene rings is 2. The Labute approximate surface area is 300 Å². The van der Waals surface area contributed by atoms with E-state index in [1.807, 2.05) is 45.0 Å². The zero-order chi connectivity index (χ0) is 37.0. The van der Waals surface area contributed by atoms with Gasteiger partial charge in [-0.2, -0.15) is 0 Å². The molecule has 1 fully saturated rings. The molecule has 0 atom stereocenters. The minimum atomic E-state index is -0.825. The van der Waals surface area contributed by atoms with Crippen molar-refractivity contribution >= 4 is 53.1 Å². The van der Waals surface area contributed by atoms with Gasteiger partial charge in [0.2, 0.25) is 0 Å². The minimum Gasteiger partial charge on any atom is -0.462 e. The first kappa shape index (κ1) is 38.8. The predicted molar refractivity (Wildman–Crippen MR) is 194 cm³/mol. The monoisotopic (exact) mass is 712 g/mol. The summed E-state index contributed by atoms with van der Waals surface area (Å²) in [6.07, 6.45) is -0.545. The predicted octanol–water partition coefficient (Wildman–Crippen LogP) is 8.13. The Balaban J connectivity index is 1.77. The molecular formula is C37H52N4O8S. The summed E-state index contributed by atoms with van der Waals surface area (Å²) >= 11 is 1.40. The van der Waals surface area contributed by atoms with E-state index in [9.17, 15) is 19.2 Å². The van der Waals surface area contributed by atoms with Crippen LogP contribution in [0.25, 0.3) is 0 Å². The second kappa shape index (κ2) is 15.5. The van der Waals surface area contributed by atoms with Crippen LogP contribution in [-0.4, -0.2) is 84.8 Å². The smallest absolute Gasteiger partial charge is 0.419 e. The number of amides is 3. The summed E-state index contributed by atoms with van der Waals surface area (Å²) < 4.78 is 22.7. The number of para-hydroxylation sites is 1. The Hall–Kier alpha value is -3.97. The number of alkyl carbamates (subject to hydrolysis) is 1. The summed E-state index contributed by atoms with van der Waals surface area (Å²) in [6, 6.07) is 10.4. The first-order valence-corrected chi connectivity index (χ1v) is 17.9. The number of nitrogens with one attached hydrogen (secondary N) is 1. The number of fused-ring (bicyclic) bond motifs is 2. The SMILES string of the molecule is CCOC(=O)c1cc2c(c(N(C(=O)OC(C)(C)C)C3CCN(CCNC(=O)OC(C)(C)C)CC3)c1)N(C(=O)OC(C)(C)C)c1ccccc1S2. The number of ether oxygens (including phenoxy) is 4. The molecule has 2 aliphatic heterocycles. The maximum absolute atomic E-state index is 14.3. The molecule has 12 nitrogen and oxygen atoms in total. The van der Waals surface area contributed by atoms with Crippen LogP contribution >= 0.6 is 11.8 Å². The molecule has 274 valence electrons. The van der Waals surface area contributed by atoms with Gasteiger partial charge in [0, 0.05) is 42.0 Å². The van der Waals surface area contributed by atoms with Crippen LogP contribution in [0.15, 0.2) is 46.2 Å². The van der Waals surface area contributed by atoms with Crippen molar-refractivity contribution in [2.45, 2.75) is 115 Å². The van der Waals surface area contributed by atoms with Crippen molar-refractivity contribution in [1.29, 1.82) is 0 Å². The number of hydrogen-bond donors (Lipinski definition) is 1. The van der Waals surface area contributed by atoms with Gasteiger partial charge in [-0.25, -0.2) is 24.1 Å². The Morgan fingerprint density at radius 1 is 0.860 bits per heavy atom. The van der Waals surface area contributed by atoms with E-state index >= 15 is 0 Å². The highest BCUT2D eigenvalue weighted by Crippen LogP contribution is 2.53. The van der Waals surface area contributed by atoms with E-state index in [1.54, 1.807) is 65.5 Å². The fourth-order valence-electron chi connectivity index (χ4n) is 5.66. The minimum absolute atomic E-state index is 0.169. The normalized spacial score (nSPS) is 15.4. The summed E-state index contributed by atoms with van der Waals surface area (Å²) in [6.45, 7) is 20.4. The highest BCUT2D eigenvalue weighted by molar-refractivity contribution is 7.99. The lowest BCUT2D eigenvalue weighted by Gasteiger charge is -2.42. The number of nitrogens with zero attached hydrogens (tertiary/aromatic N) is 3. The van der Waals surface area contributed by atoms with E-state index in [0.717, 1.165) is 4.90 Å². The molecule has 1 saturated heterocycles. The van der Waals surface area contributed by atoms with E-state index in [0.29, 0.717) is 61.0 Å². The van der Waals surface area contributed by atoms with Gasteiger partial charge in [0.15, 0.2) is 0 Å². The zero-order valence-corrected chi connectivity index (χ0v) is 31.8. The zero-order valence-electron chi connectivity index (χ0n) is 31.0. The molecule has 13 heteroatoms. The van der Waals surface area contributed by atoms with Crippen LogP contribution in [0.2, 0.25) is 0 Å². The van der Waals surface area contributed by atoms with Crippen LogP contribution in [-0.2, 0) is 18.9 Å². The molecule has 0 spiro atoms. The van der Waals surface area contributed by atoms with Gasteiger partial charge < -0.3 is 29.2 Å². The third kappa shape index (κ3) is 10.3. The summed E-state index contributed by atoms with van der Waals surface area (Å²) in [4.78, 5) is 60.5. The largest absolute Gasteiger partial charge is 0.462 e. The molecule has 0 aromatic heterocycles. The lowest BCUT2D eigenvalue weighted by Crippen LogP contribution is -2.50. The molecule has 0 unspecified atom stereocenters. The third-order valence-corrected chi connectivity index (χ3v) is 8.66. The third-order valence-electron chi connectivity index (χ3n) is 7.56. The van der Waals surface area contributed by atoms with E-state index in [1.165, 1.54) is 16.7 Å². The molecule has 0 bridgehead atoms. The summed E-state index contributed by atoms with van der Waals surface area (Å²) in [7, 11) is 0. The van der Waals surface area contributed by atoms with Gasteiger partial charge in [0.25, 0.3) is 0 Å².